The smallest absolute Gasteiger partial charge is 0.251 e. The third kappa shape index (κ3) is 2.96. The lowest BCUT2D eigenvalue weighted by Gasteiger charge is -2.07. The third-order valence-electron chi connectivity index (χ3n) is 4.89. The summed E-state index contributed by atoms with van der Waals surface area (Å²) in [6, 6.07) is 7.49. The first-order valence-corrected chi connectivity index (χ1v) is 7.31. The Morgan fingerprint density at radius 1 is 1.29 bits per heavy atom. The van der Waals surface area contributed by atoms with Crippen LogP contribution in [0, 0.1) is 22.7 Å². The van der Waals surface area contributed by atoms with Crippen molar-refractivity contribution in [3.05, 3.63) is 35.4 Å². The summed E-state index contributed by atoms with van der Waals surface area (Å²) in [6.07, 6.45) is 0.445. The quantitative estimate of drug-likeness (QED) is 0.839. The van der Waals surface area contributed by atoms with Crippen LogP contribution in [0.1, 0.15) is 50.0 Å². The molecule has 2 N–H and O–H groups in total. The Bertz CT molecular complexity index is 591. The number of aliphatic hydroxyl groups excluding tert-OH is 1. The molecule has 112 valence electrons. The molecular formula is C18H23NO2. The van der Waals surface area contributed by atoms with E-state index in [-0.39, 0.29) is 29.4 Å². The molecular weight excluding hydrogens is 262 g/mol. The van der Waals surface area contributed by atoms with Crippen LogP contribution in [0.5, 0.6) is 0 Å². The number of rotatable bonds is 3. The SMILES string of the molecule is CC1(C)C(NC(=O)c2cccc(C#CCCO)c2)C1(C)C. The van der Waals surface area contributed by atoms with Gasteiger partial charge in [-0.1, -0.05) is 45.6 Å². The minimum Gasteiger partial charge on any atom is -0.395 e. The van der Waals surface area contributed by atoms with E-state index in [1.807, 2.05) is 12.1 Å². The Hall–Kier alpha value is -1.79. The molecule has 1 aromatic rings. The van der Waals surface area contributed by atoms with Crippen LogP contribution in [0.15, 0.2) is 24.3 Å². The van der Waals surface area contributed by atoms with Gasteiger partial charge in [0.2, 0.25) is 0 Å². The van der Waals surface area contributed by atoms with Crippen LogP contribution in [-0.2, 0) is 0 Å². The maximum atomic E-state index is 12.4. The Morgan fingerprint density at radius 2 is 1.95 bits per heavy atom. The zero-order chi connectivity index (χ0) is 15.7. The molecule has 0 aliphatic heterocycles. The van der Waals surface area contributed by atoms with Gasteiger partial charge in [-0.05, 0) is 29.0 Å². The molecule has 1 aromatic carbocycles. The number of carbonyl (C=O) groups is 1. The highest BCUT2D eigenvalue weighted by Gasteiger charge is 2.65. The van der Waals surface area contributed by atoms with Gasteiger partial charge in [0.1, 0.15) is 0 Å². The predicted octanol–water partition coefficient (Wildman–Crippen LogP) is 2.58. The molecule has 0 unspecified atom stereocenters. The molecule has 1 aliphatic rings. The molecule has 3 nitrogen and oxygen atoms in total. The van der Waals surface area contributed by atoms with Crippen LogP contribution in [0.25, 0.3) is 0 Å². The summed E-state index contributed by atoms with van der Waals surface area (Å²) in [6.45, 7) is 8.76. The summed E-state index contributed by atoms with van der Waals surface area (Å²) in [5.74, 6) is 5.77. The van der Waals surface area contributed by atoms with Gasteiger partial charge in [-0.25, -0.2) is 0 Å². The topological polar surface area (TPSA) is 49.3 Å². The number of hydrogen-bond donors (Lipinski definition) is 2. The highest BCUT2D eigenvalue weighted by Crippen LogP contribution is 2.62. The molecule has 0 saturated heterocycles. The van der Waals surface area contributed by atoms with E-state index in [9.17, 15) is 4.79 Å². The average Bonchev–Trinajstić information content (AvgIpc) is 2.82. The van der Waals surface area contributed by atoms with E-state index >= 15 is 0 Å². The summed E-state index contributed by atoms with van der Waals surface area (Å²) in [5.41, 5.74) is 1.68. The van der Waals surface area contributed by atoms with E-state index < -0.39 is 0 Å². The van der Waals surface area contributed by atoms with Crippen molar-refractivity contribution in [2.24, 2.45) is 10.8 Å². The Labute approximate surface area is 126 Å². The number of benzene rings is 1. The van der Waals surface area contributed by atoms with Gasteiger partial charge in [-0.15, -0.1) is 0 Å². The molecule has 0 spiro atoms. The van der Waals surface area contributed by atoms with Gasteiger partial charge in [0.15, 0.2) is 0 Å². The number of nitrogens with one attached hydrogen (secondary N) is 1. The summed E-state index contributed by atoms with van der Waals surface area (Å²) in [7, 11) is 0. The first-order chi connectivity index (χ1) is 9.80. The van der Waals surface area contributed by atoms with Crippen molar-refractivity contribution in [3.8, 4) is 11.8 Å². The second-order valence-electron chi connectivity index (χ2n) is 6.71. The molecule has 0 bridgehead atoms. The maximum absolute atomic E-state index is 12.4. The van der Waals surface area contributed by atoms with Crippen LogP contribution in [0.2, 0.25) is 0 Å². The van der Waals surface area contributed by atoms with Crippen molar-refractivity contribution < 1.29 is 9.90 Å². The number of carbonyl (C=O) groups excluding carboxylic acids is 1. The second-order valence-corrected chi connectivity index (χ2v) is 6.71. The van der Waals surface area contributed by atoms with Crippen LogP contribution in [-0.4, -0.2) is 23.7 Å². The lowest BCUT2D eigenvalue weighted by atomic mass is 10.0. The van der Waals surface area contributed by atoms with Crippen molar-refractivity contribution in [1.82, 2.24) is 5.32 Å². The second kappa shape index (κ2) is 5.54. The van der Waals surface area contributed by atoms with E-state index in [1.165, 1.54) is 0 Å². The van der Waals surface area contributed by atoms with Gasteiger partial charge in [-0.3, -0.25) is 4.79 Å². The molecule has 1 saturated carbocycles. The Morgan fingerprint density at radius 3 is 2.52 bits per heavy atom. The predicted molar refractivity (Wildman–Crippen MR) is 83.8 cm³/mol. The van der Waals surface area contributed by atoms with Gasteiger partial charge >= 0.3 is 0 Å². The number of aliphatic hydroxyl groups is 1. The Kier molecular flexibility index (Phi) is 4.11. The number of hydrogen-bond acceptors (Lipinski definition) is 2. The molecule has 0 atom stereocenters. The normalized spacial score (nSPS) is 18.5. The zero-order valence-corrected chi connectivity index (χ0v) is 13.2. The fourth-order valence-corrected chi connectivity index (χ4v) is 2.73. The molecule has 1 aliphatic carbocycles. The van der Waals surface area contributed by atoms with Gasteiger partial charge in [-0.2, -0.15) is 0 Å². The number of amides is 1. The van der Waals surface area contributed by atoms with Crippen molar-refractivity contribution in [3.63, 3.8) is 0 Å². The van der Waals surface area contributed by atoms with Crippen molar-refractivity contribution in [2.75, 3.05) is 6.61 Å². The van der Waals surface area contributed by atoms with Gasteiger partial charge in [0.25, 0.3) is 5.91 Å². The third-order valence-corrected chi connectivity index (χ3v) is 4.89. The van der Waals surface area contributed by atoms with E-state index in [1.54, 1.807) is 12.1 Å². The largest absolute Gasteiger partial charge is 0.395 e. The minimum absolute atomic E-state index is 0.0514. The van der Waals surface area contributed by atoms with Crippen molar-refractivity contribution in [1.29, 1.82) is 0 Å². The van der Waals surface area contributed by atoms with E-state index in [2.05, 4.69) is 44.9 Å². The maximum Gasteiger partial charge on any atom is 0.251 e. The standard InChI is InChI=1S/C18H23NO2/c1-17(2)16(18(17,3)4)19-15(21)14-10-7-9-13(12-14)8-5-6-11-20/h7,9-10,12,16,20H,6,11H2,1-4H3,(H,19,21). The lowest BCUT2D eigenvalue weighted by molar-refractivity contribution is 0.0943. The van der Waals surface area contributed by atoms with Gasteiger partial charge in [0, 0.05) is 23.6 Å². The van der Waals surface area contributed by atoms with Crippen molar-refractivity contribution in [2.45, 2.75) is 40.2 Å². The molecule has 21 heavy (non-hydrogen) atoms. The molecule has 1 amide bonds. The summed E-state index contributed by atoms with van der Waals surface area (Å²) >= 11 is 0. The van der Waals surface area contributed by atoms with Crippen LogP contribution in [0.3, 0.4) is 0 Å². The average molecular weight is 285 g/mol. The highest BCUT2D eigenvalue weighted by molar-refractivity contribution is 5.95. The fourth-order valence-electron chi connectivity index (χ4n) is 2.73. The molecule has 0 radical (unpaired) electrons. The fraction of sp³-hybridized carbons (Fsp3) is 0.500. The van der Waals surface area contributed by atoms with Crippen LogP contribution in [0.4, 0.5) is 0 Å². The minimum atomic E-state index is -0.0514. The summed E-state index contributed by atoms with van der Waals surface area (Å²) in [4.78, 5) is 12.4. The highest BCUT2D eigenvalue weighted by atomic mass is 16.2. The molecule has 1 fully saturated rings. The monoisotopic (exact) mass is 285 g/mol. The van der Waals surface area contributed by atoms with E-state index in [0.717, 1.165) is 5.56 Å². The summed E-state index contributed by atoms with van der Waals surface area (Å²) < 4.78 is 0. The first-order valence-electron chi connectivity index (χ1n) is 7.31. The van der Waals surface area contributed by atoms with Crippen molar-refractivity contribution >= 4 is 5.91 Å². The molecule has 2 rings (SSSR count). The van der Waals surface area contributed by atoms with E-state index in [4.69, 9.17) is 5.11 Å². The van der Waals surface area contributed by atoms with Gasteiger partial charge < -0.3 is 10.4 Å². The first kappa shape index (κ1) is 15.6. The summed E-state index contributed by atoms with van der Waals surface area (Å²) in [5, 5.41) is 11.8. The van der Waals surface area contributed by atoms with Crippen LogP contribution < -0.4 is 5.32 Å². The molecule has 0 aromatic heterocycles. The molecule has 0 heterocycles. The zero-order valence-electron chi connectivity index (χ0n) is 13.2. The molecule has 3 heteroatoms. The van der Waals surface area contributed by atoms with Gasteiger partial charge in [0.05, 0.1) is 6.61 Å². The Balaban J connectivity index is 2.08. The van der Waals surface area contributed by atoms with E-state index in [0.29, 0.717) is 12.0 Å². The van der Waals surface area contributed by atoms with Crippen LogP contribution >= 0.6 is 0 Å². The lowest BCUT2D eigenvalue weighted by Crippen LogP contribution is -2.29.